The van der Waals surface area contributed by atoms with Crippen LogP contribution < -0.4 is 5.32 Å². The normalized spacial score (nSPS) is 15.6. The van der Waals surface area contributed by atoms with E-state index in [1.54, 1.807) is 0 Å². The predicted molar refractivity (Wildman–Crippen MR) is 72.5 cm³/mol. The molecule has 1 fully saturated rings. The number of nitrogens with one attached hydrogen (secondary N) is 1. The largest absolute Gasteiger partial charge is 0.345 e. The lowest BCUT2D eigenvalue weighted by molar-refractivity contribution is 0.584. The van der Waals surface area contributed by atoms with Crippen LogP contribution in [0.1, 0.15) is 12.8 Å². The fraction of sp³-hybridized carbons (Fsp3) is 0.429. The summed E-state index contributed by atoms with van der Waals surface area (Å²) in [6, 6.07) is 8.30. The number of fused-ring (bicyclic) bond motifs is 1. The molecule has 0 atom stereocenters. The van der Waals surface area contributed by atoms with Crippen molar-refractivity contribution in [1.82, 2.24) is 9.88 Å². The number of rotatable bonds is 5. The van der Waals surface area contributed by atoms with E-state index in [4.69, 9.17) is 11.6 Å². The van der Waals surface area contributed by atoms with Crippen LogP contribution in [0.2, 0.25) is 5.02 Å². The van der Waals surface area contributed by atoms with Crippen molar-refractivity contribution in [2.75, 3.05) is 13.1 Å². The molecule has 17 heavy (non-hydrogen) atoms. The molecule has 1 aliphatic carbocycles. The van der Waals surface area contributed by atoms with Gasteiger partial charge in [0.1, 0.15) is 0 Å². The molecule has 0 spiro atoms. The Bertz CT molecular complexity index is 514. The highest BCUT2D eigenvalue weighted by Crippen LogP contribution is 2.27. The summed E-state index contributed by atoms with van der Waals surface area (Å²) >= 11 is 6.21. The topological polar surface area (TPSA) is 17.0 Å². The van der Waals surface area contributed by atoms with Crippen molar-refractivity contribution in [3.05, 3.63) is 35.5 Å². The molecular weight excluding hydrogens is 232 g/mol. The molecule has 90 valence electrons. The third-order valence-electron chi connectivity index (χ3n) is 3.40. The first-order valence-electron chi connectivity index (χ1n) is 6.28. The lowest BCUT2D eigenvalue weighted by Crippen LogP contribution is -2.21. The van der Waals surface area contributed by atoms with Crippen LogP contribution >= 0.6 is 11.6 Å². The van der Waals surface area contributed by atoms with E-state index in [0.717, 1.165) is 29.4 Å². The van der Waals surface area contributed by atoms with Gasteiger partial charge in [0.05, 0.1) is 5.02 Å². The van der Waals surface area contributed by atoms with Crippen LogP contribution in [-0.2, 0) is 6.54 Å². The minimum absolute atomic E-state index is 0.850. The molecule has 0 unspecified atom stereocenters. The Balaban J connectivity index is 1.67. The number of hydrogen-bond acceptors (Lipinski definition) is 1. The fourth-order valence-corrected chi connectivity index (χ4v) is 2.49. The van der Waals surface area contributed by atoms with Crippen molar-refractivity contribution < 1.29 is 0 Å². The zero-order chi connectivity index (χ0) is 11.7. The van der Waals surface area contributed by atoms with Gasteiger partial charge in [0, 0.05) is 30.2 Å². The standard InChI is InChI=1S/C14H17ClN2/c15-13-10-17(8-7-16-9-11-5-6-11)14-4-2-1-3-12(13)14/h1-4,10-11,16H,5-9H2. The molecule has 1 heterocycles. The molecule has 0 aliphatic heterocycles. The molecule has 1 aliphatic rings. The number of nitrogens with zero attached hydrogens (tertiary/aromatic N) is 1. The SMILES string of the molecule is Clc1cn(CCNCC2CC2)c2ccccc12. The van der Waals surface area contributed by atoms with Crippen LogP contribution in [0.25, 0.3) is 10.9 Å². The molecule has 0 amide bonds. The molecule has 3 rings (SSSR count). The molecule has 1 saturated carbocycles. The molecule has 3 heteroatoms. The van der Waals surface area contributed by atoms with Crippen LogP contribution in [0.5, 0.6) is 0 Å². The summed E-state index contributed by atoms with van der Waals surface area (Å²) in [5.41, 5.74) is 1.23. The third-order valence-corrected chi connectivity index (χ3v) is 3.70. The maximum Gasteiger partial charge on any atom is 0.0661 e. The number of halogens is 1. The van der Waals surface area contributed by atoms with E-state index in [9.17, 15) is 0 Å². The lowest BCUT2D eigenvalue weighted by Gasteiger charge is -2.06. The lowest BCUT2D eigenvalue weighted by atomic mass is 10.2. The highest BCUT2D eigenvalue weighted by molar-refractivity contribution is 6.35. The van der Waals surface area contributed by atoms with Crippen molar-refractivity contribution in [1.29, 1.82) is 0 Å². The van der Waals surface area contributed by atoms with E-state index in [-0.39, 0.29) is 0 Å². The quantitative estimate of drug-likeness (QED) is 0.804. The minimum atomic E-state index is 0.850. The first kappa shape index (κ1) is 11.1. The van der Waals surface area contributed by atoms with Crippen molar-refractivity contribution >= 4 is 22.5 Å². The van der Waals surface area contributed by atoms with Gasteiger partial charge in [-0.2, -0.15) is 0 Å². The zero-order valence-electron chi connectivity index (χ0n) is 9.82. The number of para-hydroxylation sites is 1. The van der Waals surface area contributed by atoms with E-state index in [1.165, 1.54) is 24.9 Å². The average Bonchev–Trinajstić information content (AvgIpc) is 3.12. The Labute approximate surface area is 107 Å². The summed E-state index contributed by atoms with van der Waals surface area (Å²) in [7, 11) is 0. The van der Waals surface area contributed by atoms with Gasteiger partial charge in [-0.1, -0.05) is 29.8 Å². The zero-order valence-corrected chi connectivity index (χ0v) is 10.6. The van der Waals surface area contributed by atoms with Crippen molar-refractivity contribution in [3.63, 3.8) is 0 Å². The molecule has 1 N–H and O–H groups in total. The Morgan fingerprint density at radius 1 is 1.29 bits per heavy atom. The van der Waals surface area contributed by atoms with E-state index in [2.05, 4.69) is 28.1 Å². The summed E-state index contributed by atoms with van der Waals surface area (Å²) in [5.74, 6) is 0.944. The predicted octanol–water partition coefficient (Wildman–Crippen LogP) is 3.29. The van der Waals surface area contributed by atoms with Crippen molar-refractivity contribution in [2.45, 2.75) is 19.4 Å². The van der Waals surface area contributed by atoms with Gasteiger partial charge in [-0.25, -0.2) is 0 Å². The van der Waals surface area contributed by atoms with Crippen LogP contribution in [0.15, 0.2) is 30.5 Å². The van der Waals surface area contributed by atoms with E-state index < -0.39 is 0 Å². The summed E-state index contributed by atoms with van der Waals surface area (Å²) in [4.78, 5) is 0. The molecule has 0 bridgehead atoms. The van der Waals surface area contributed by atoms with Crippen LogP contribution in [0.3, 0.4) is 0 Å². The average molecular weight is 249 g/mol. The molecule has 0 radical (unpaired) electrons. The fourth-order valence-electron chi connectivity index (χ4n) is 2.21. The van der Waals surface area contributed by atoms with Gasteiger partial charge in [-0.05, 0) is 31.4 Å². The summed E-state index contributed by atoms with van der Waals surface area (Å²) < 4.78 is 2.23. The molecule has 2 aromatic rings. The van der Waals surface area contributed by atoms with Gasteiger partial charge < -0.3 is 9.88 Å². The Morgan fingerprint density at radius 2 is 2.12 bits per heavy atom. The smallest absolute Gasteiger partial charge is 0.0661 e. The second-order valence-corrected chi connectivity index (χ2v) is 5.24. The van der Waals surface area contributed by atoms with Crippen LogP contribution in [0.4, 0.5) is 0 Å². The summed E-state index contributed by atoms with van der Waals surface area (Å²) in [5, 5.41) is 5.51. The molecule has 0 saturated heterocycles. The van der Waals surface area contributed by atoms with Gasteiger partial charge in [0.2, 0.25) is 0 Å². The number of aromatic nitrogens is 1. The monoisotopic (exact) mass is 248 g/mol. The second-order valence-electron chi connectivity index (χ2n) is 4.84. The van der Waals surface area contributed by atoms with Gasteiger partial charge >= 0.3 is 0 Å². The Morgan fingerprint density at radius 3 is 2.94 bits per heavy atom. The maximum atomic E-state index is 6.21. The molecular formula is C14H17ClN2. The Hall–Kier alpha value is -0.990. The highest BCUT2D eigenvalue weighted by Gasteiger charge is 2.19. The second kappa shape index (κ2) is 4.71. The summed E-state index contributed by atoms with van der Waals surface area (Å²) in [6.45, 7) is 3.18. The van der Waals surface area contributed by atoms with Gasteiger partial charge in [0.25, 0.3) is 0 Å². The van der Waals surface area contributed by atoms with E-state index in [1.807, 2.05) is 12.3 Å². The molecule has 2 nitrogen and oxygen atoms in total. The van der Waals surface area contributed by atoms with Gasteiger partial charge in [-0.15, -0.1) is 0 Å². The van der Waals surface area contributed by atoms with E-state index in [0.29, 0.717) is 0 Å². The third kappa shape index (κ3) is 2.48. The summed E-state index contributed by atoms with van der Waals surface area (Å²) in [6.07, 6.45) is 4.85. The van der Waals surface area contributed by atoms with Gasteiger partial charge in [0.15, 0.2) is 0 Å². The number of benzene rings is 1. The first-order valence-corrected chi connectivity index (χ1v) is 6.66. The Kier molecular flexibility index (Phi) is 3.08. The van der Waals surface area contributed by atoms with E-state index >= 15 is 0 Å². The number of hydrogen-bond donors (Lipinski definition) is 1. The van der Waals surface area contributed by atoms with Gasteiger partial charge in [-0.3, -0.25) is 0 Å². The molecule has 1 aromatic heterocycles. The van der Waals surface area contributed by atoms with Crippen LogP contribution in [-0.4, -0.2) is 17.7 Å². The highest BCUT2D eigenvalue weighted by atomic mass is 35.5. The van der Waals surface area contributed by atoms with Crippen LogP contribution in [0, 0.1) is 5.92 Å². The molecule has 1 aromatic carbocycles. The van der Waals surface area contributed by atoms with Crippen molar-refractivity contribution in [3.8, 4) is 0 Å². The van der Waals surface area contributed by atoms with Crippen molar-refractivity contribution in [2.24, 2.45) is 5.92 Å². The minimum Gasteiger partial charge on any atom is -0.345 e. The first-order chi connectivity index (χ1) is 8.34. The maximum absolute atomic E-state index is 6.21.